The first-order valence-electron chi connectivity index (χ1n) is 13.3. The number of fused-ring (bicyclic) bond motifs is 2. The van der Waals surface area contributed by atoms with Crippen molar-refractivity contribution in [2.75, 3.05) is 18.4 Å². The normalized spacial score (nSPS) is 16.0. The number of nitrogens with zero attached hydrogens (tertiary/aromatic N) is 3. The zero-order valence-electron chi connectivity index (χ0n) is 21.1. The van der Waals surface area contributed by atoms with Crippen molar-refractivity contribution >= 4 is 34.4 Å². The number of piperidine rings is 1. The molecule has 37 heavy (non-hydrogen) atoms. The molecule has 1 saturated heterocycles. The lowest BCUT2D eigenvalue weighted by Gasteiger charge is -2.32. The van der Waals surface area contributed by atoms with E-state index in [9.17, 15) is 4.79 Å². The van der Waals surface area contributed by atoms with Crippen LogP contribution in [0.25, 0.3) is 22.0 Å². The summed E-state index contributed by atoms with van der Waals surface area (Å²) in [6, 6.07) is 20.8. The van der Waals surface area contributed by atoms with E-state index in [2.05, 4.69) is 48.6 Å². The van der Waals surface area contributed by atoms with Gasteiger partial charge in [-0.05, 0) is 92.0 Å². The fraction of sp³-hybridized carbons (Fsp3) is 0.323. The van der Waals surface area contributed by atoms with E-state index in [1.54, 1.807) is 12.1 Å². The molecule has 6 heteroatoms. The van der Waals surface area contributed by atoms with Gasteiger partial charge in [0.2, 0.25) is 5.95 Å². The Morgan fingerprint density at radius 1 is 0.973 bits per heavy atom. The summed E-state index contributed by atoms with van der Waals surface area (Å²) >= 11 is 6.24. The van der Waals surface area contributed by atoms with Crippen molar-refractivity contribution in [3.63, 3.8) is 0 Å². The Kier molecular flexibility index (Phi) is 6.56. The van der Waals surface area contributed by atoms with E-state index in [1.807, 2.05) is 17.0 Å². The number of carbonyl (C=O) groups excluding carboxylic acids is 1. The fourth-order valence-corrected chi connectivity index (χ4v) is 6.00. The summed E-state index contributed by atoms with van der Waals surface area (Å²) < 4.78 is 0. The molecule has 1 amide bonds. The third-order valence-corrected chi connectivity index (χ3v) is 8.14. The van der Waals surface area contributed by atoms with Crippen LogP contribution >= 0.6 is 11.6 Å². The largest absolute Gasteiger partial charge is 0.351 e. The van der Waals surface area contributed by atoms with Gasteiger partial charge in [-0.1, -0.05) is 48.0 Å². The molecule has 2 heterocycles. The van der Waals surface area contributed by atoms with Crippen LogP contribution < -0.4 is 5.32 Å². The second-order valence-corrected chi connectivity index (χ2v) is 10.6. The number of amides is 1. The third kappa shape index (κ3) is 4.80. The van der Waals surface area contributed by atoms with Crippen molar-refractivity contribution in [2.24, 2.45) is 0 Å². The number of likely N-dealkylation sites (tertiary alicyclic amines) is 1. The molecule has 0 spiro atoms. The number of aryl methyl sites for hydroxylation is 2. The van der Waals surface area contributed by atoms with E-state index < -0.39 is 0 Å². The van der Waals surface area contributed by atoms with Crippen LogP contribution in [0.15, 0.2) is 60.7 Å². The summed E-state index contributed by atoms with van der Waals surface area (Å²) in [5.41, 5.74) is 8.09. The minimum atomic E-state index is -0.00247. The smallest absolute Gasteiger partial charge is 0.255 e. The first-order chi connectivity index (χ1) is 18.1. The van der Waals surface area contributed by atoms with Crippen LogP contribution in [0.5, 0.6) is 0 Å². The van der Waals surface area contributed by atoms with Crippen LogP contribution in [0.4, 0.5) is 5.95 Å². The van der Waals surface area contributed by atoms with Crippen molar-refractivity contribution in [2.45, 2.75) is 51.5 Å². The summed E-state index contributed by atoms with van der Waals surface area (Å²) in [6.07, 6.45) is 6.57. The summed E-state index contributed by atoms with van der Waals surface area (Å²) in [7, 11) is 0. The topological polar surface area (TPSA) is 58.1 Å². The van der Waals surface area contributed by atoms with Gasteiger partial charge >= 0.3 is 0 Å². The fourth-order valence-electron chi connectivity index (χ4n) is 5.78. The maximum atomic E-state index is 12.9. The number of hydrogen-bond donors (Lipinski definition) is 1. The number of hydrogen-bond acceptors (Lipinski definition) is 4. The average molecular weight is 511 g/mol. The second-order valence-electron chi connectivity index (χ2n) is 10.2. The molecular formula is C31H31ClN4O. The lowest BCUT2D eigenvalue weighted by Crippen LogP contribution is -2.42. The molecule has 1 N–H and O–H groups in total. The molecule has 0 radical (unpaired) electrons. The van der Waals surface area contributed by atoms with Crippen LogP contribution in [0, 0.1) is 6.92 Å². The van der Waals surface area contributed by atoms with Gasteiger partial charge in [0.15, 0.2) is 0 Å². The van der Waals surface area contributed by atoms with Gasteiger partial charge in [0.25, 0.3) is 5.91 Å². The van der Waals surface area contributed by atoms with Gasteiger partial charge in [-0.3, -0.25) is 4.79 Å². The minimum Gasteiger partial charge on any atom is -0.351 e. The van der Waals surface area contributed by atoms with Crippen LogP contribution in [0.2, 0.25) is 5.02 Å². The molecule has 2 aliphatic rings. The van der Waals surface area contributed by atoms with Gasteiger partial charge in [-0.2, -0.15) is 0 Å². The predicted octanol–water partition coefficient (Wildman–Crippen LogP) is 6.85. The highest BCUT2D eigenvalue weighted by atomic mass is 35.5. The molecular weight excluding hydrogens is 480 g/mol. The Hall–Kier alpha value is -3.44. The minimum absolute atomic E-state index is 0.00247. The Balaban J connectivity index is 1.17. The van der Waals surface area contributed by atoms with Crippen molar-refractivity contribution in [3.05, 3.63) is 88.1 Å². The van der Waals surface area contributed by atoms with E-state index in [1.165, 1.54) is 41.5 Å². The highest BCUT2D eigenvalue weighted by Gasteiger charge is 2.25. The number of rotatable bonds is 4. The number of nitrogens with one attached hydrogen (secondary N) is 1. The molecule has 5 nitrogen and oxygen atoms in total. The number of aromatic nitrogens is 2. The van der Waals surface area contributed by atoms with Crippen LogP contribution in [-0.2, 0) is 12.8 Å². The van der Waals surface area contributed by atoms with Gasteiger partial charge in [0.1, 0.15) is 0 Å². The van der Waals surface area contributed by atoms with Crippen molar-refractivity contribution < 1.29 is 4.79 Å². The molecule has 0 saturated carbocycles. The maximum Gasteiger partial charge on any atom is 0.255 e. The number of benzene rings is 3. The average Bonchev–Trinajstić information content (AvgIpc) is 2.93. The second kappa shape index (κ2) is 10.1. The molecule has 0 unspecified atom stereocenters. The number of halogens is 1. The SMILES string of the molecule is Cc1nc(NC2CCN(C(=O)c3ccccc3Cl)CC2)nc2ccc(-c3cccc4c3CCCC4)cc12. The van der Waals surface area contributed by atoms with Gasteiger partial charge in [0.05, 0.1) is 21.8 Å². The lowest BCUT2D eigenvalue weighted by atomic mass is 9.86. The molecule has 3 aromatic carbocycles. The lowest BCUT2D eigenvalue weighted by molar-refractivity contribution is 0.0718. The molecule has 6 rings (SSSR count). The predicted molar refractivity (Wildman–Crippen MR) is 150 cm³/mol. The van der Waals surface area contributed by atoms with Gasteiger partial charge in [-0.25, -0.2) is 9.97 Å². The van der Waals surface area contributed by atoms with Gasteiger partial charge < -0.3 is 10.2 Å². The van der Waals surface area contributed by atoms with Crippen LogP contribution in [0.1, 0.15) is 52.9 Å². The van der Waals surface area contributed by atoms with Crippen molar-refractivity contribution in [1.82, 2.24) is 14.9 Å². The van der Waals surface area contributed by atoms with Gasteiger partial charge in [-0.15, -0.1) is 0 Å². The first-order valence-corrected chi connectivity index (χ1v) is 13.6. The quantitative estimate of drug-likeness (QED) is 0.326. The first kappa shape index (κ1) is 23.9. The monoisotopic (exact) mass is 510 g/mol. The molecule has 0 atom stereocenters. The number of carbonyl (C=O) groups is 1. The Morgan fingerprint density at radius 3 is 2.62 bits per heavy atom. The van der Waals surface area contributed by atoms with Crippen molar-refractivity contribution in [1.29, 1.82) is 0 Å². The molecule has 1 fully saturated rings. The summed E-state index contributed by atoms with van der Waals surface area (Å²) in [5.74, 6) is 0.656. The summed E-state index contributed by atoms with van der Waals surface area (Å²) in [4.78, 5) is 24.4. The van der Waals surface area contributed by atoms with E-state index in [-0.39, 0.29) is 11.9 Å². The molecule has 1 aliphatic carbocycles. The van der Waals surface area contributed by atoms with E-state index in [0.717, 1.165) is 35.9 Å². The molecule has 188 valence electrons. The maximum absolute atomic E-state index is 12.9. The standard InChI is InChI=1S/C31H31ClN4O/c1-20-27-19-22(25-11-6-8-21-7-2-3-9-24(21)25)13-14-29(27)35-31(33-20)34-23-15-17-36(18-16-23)30(37)26-10-4-5-12-28(26)32/h4-6,8,10-14,19,23H,2-3,7,9,15-18H2,1H3,(H,33,34,35). The summed E-state index contributed by atoms with van der Waals surface area (Å²) in [6.45, 7) is 3.42. The van der Waals surface area contributed by atoms with Gasteiger partial charge in [0, 0.05) is 24.5 Å². The molecule has 1 aliphatic heterocycles. The number of anilines is 1. The van der Waals surface area contributed by atoms with E-state index >= 15 is 0 Å². The highest BCUT2D eigenvalue weighted by Crippen LogP contribution is 2.33. The van der Waals surface area contributed by atoms with E-state index in [4.69, 9.17) is 21.6 Å². The summed E-state index contributed by atoms with van der Waals surface area (Å²) in [5, 5.41) is 5.12. The Morgan fingerprint density at radius 2 is 1.78 bits per heavy atom. The Labute approximate surface area is 222 Å². The van der Waals surface area contributed by atoms with Crippen LogP contribution in [-0.4, -0.2) is 39.9 Å². The van der Waals surface area contributed by atoms with Crippen LogP contribution in [0.3, 0.4) is 0 Å². The molecule has 0 bridgehead atoms. The molecule has 1 aromatic heterocycles. The Bertz CT molecular complexity index is 1480. The zero-order valence-corrected chi connectivity index (χ0v) is 21.9. The van der Waals surface area contributed by atoms with Crippen molar-refractivity contribution in [3.8, 4) is 11.1 Å². The highest BCUT2D eigenvalue weighted by molar-refractivity contribution is 6.33. The van der Waals surface area contributed by atoms with E-state index in [0.29, 0.717) is 29.6 Å². The molecule has 4 aromatic rings. The zero-order chi connectivity index (χ0) is 25.4. The third-order valence-electron chi connectivity index (χ3n) is 7.81.